The van der Waals surface area contributed by atoms with Crippen molar-refractivity contribution >= 4 is 11.7 Å². The van der Waals surface area contributed by atoms with Crippen LogP contribution < -0.4 is 5.32 Å². The van der Waals surface area contributed by atoms with Crippen LogP contribution in [0.5, 0.6) is 0 Å². The maximum absolute atomic E-state index is 13.0. The Morgan fingerprint density at radius 3 is 2.20 bits per heavy atom. The molecule has 0 saturated heterocycles. The number of ketones is 1. The lowest BCUT2D eigenvalue weighted by Gasteiger charge is -2.18. The van der Waals surface area contributed by atoms with E-state index in [4.69, 9.17) is 0 Å². The van der Waals surface area contributed by atoms with Crippen LogP contribution in [0.4, 0.5) is 0 Å². The molecule has 4 rings (SSSR count). The van der Waals surface area contributed by atoms with Gasteiger partial charge in [0.05, 0.1) is 18.4 Å². The van der Waals surface area contributed by atoms with Gasteiger partial charge in [0, 0.05) is 35.9 Å². The van der Waals surface area contributed by atoms with Crippen LogP contribution in [-0.4, -0.2) is 37.3 Å². The molecule has 1 atom stereocenters. The van der Waals surface area contributed by atoms with E-state index < -0.39 is 11.9 Å². The van der Waals surface area contributed by atoms with Crippen molar-refractivity contribution in [3.8, 4) is 11.4 Å². The fourth-order valence-electron chi connectivity index (χ4n) is 3.03. The number of benzene rings is 2. The summed E-state index contributed by atoms with van der Waals surface area (Å²) < 4.78 is 1.75. The van der Waals surface area contributed by atoms with Crippen LogP contribution in [0.2, 0.25) is 0 Å². The topological polar surface area (TPSA) is 89.8 Å². The van der Waals surface area contributed by atoms with Crippen molar-refractivity contribution in [2.45, 2.75) is 12.6 Å². The van der Waals surface area contributed by atoms with E-state index in [2.05, 4.69) is 20.3 Å². The Kier molecular flexibility index (Phi) is 5.70. The first-order valence-corrected chi connectivity index (χ1v) is 9.44. The number of amides is 1. The van der Waals surface area contributed by atoms with Gasteiger partial charge >= 0.3 is 0 Å². The van der Waals surface area contributed by atoms with Gasteiger partial charge < -0.3 is 9.88 Å². The SMILES string of the molecule is O=C(NC(Cn1ccnc1)C(=O)c1ccccc1)c1cnc(-c2ccccc2)nc1. The molecule has 148 valence electrons. The molecule has 1 amide bonds. The van der Waals surface area contributed by atoms with Gasteiger partial charge in [-0.2, -0.15) is 0 Å². The number of rotatable bonds is 7. The molecule has 0 aliphatic rings. The van der Waals surface area contributed by atoms with E-state index in [1.165, 1.54) is 12.4 Å². The molecule has 2 aromatic carbocycles. The fraction of sp³-hybridized carbons (Fsp3) is 0.0870. The molecule has 0 saturated carbocycles. The monoisotopic (exact) mass is 397 g/mol. The molecule has 7 nitrogen and oxygen atoms in total. The highest BCUT2D eigenvalue weighted by atomic mass is 16.2. The van der Waals surface area contributed by atoms with E-state index in [1.807, 2.05) is 36.4 Å². The minimum absolute atomic E-state index is 0.181. The molecule has 4 aromatic rings. The van der Waals surface area contributed by atoms with E-state index in [0.29, 0.717) is 11.4 Å². The maximum atomic E-state index is 13.0. The van der Waals surface area contributed by atoms with Gasteiger partial charge in [0.1, 0.15) is 6.04 Å². The molecular formula is C23H19N5O2. The van der Waals surface area contributed by atoms with Crippen molar-refractivity contribution < 1.29 is 9.59 Å². The van der Waals surface area contributed by atoms with E-state index in [1.54, 1.807) is 47.6 Å². The summed E-state index contributed by atoms with van der Waals surface area (Å²) in [6, 6.07) is 17.6. The number of imidazole rings is 1. The Bertz CT molecular complexity index is 1110. The molecule has 0 bridgehead atoms. The Morgan fingerprint density at radius 2 is 1.57 bits per heavy atom. The summed E-state index contributed by atoms with van der Waals surface area (Å²) in [6.07, 6.45) is 7.91. The Labute approximate surface area is 173 Å². The van der Waals surface area contributed by atoms with E-state index in [-0.39, 0.29) is 17.9 Å². The van der Waals surface area contributed by atoms with Crippen LogP contribution in [-0.2, 0) is 6.54 Å². The number of carbonyl (C=O) groups excluding carboxylic acids is 2. The van der Waals surface area contributed by atoms with Crippen LogP contribution in [0.15, 0.2) is 91.8 Å². The number of Topliss-reactive ketones (excluding diaryl/α,β-unsaturated/α-hetero) is 1. The molecule has 2 heterocycles. The summed E-state index contributed by atoms with van der Waals surface area (Å²) in [7, 11) is 0. The van der Waals surface area contributed by atoms with Gasteiger partial charge in [-0.05, 0) is 0 Å². The smallest absolute Gasteiger partial charge is 0.255 e. The molecule has 1 unspecified atom stereocenters. The predicted octanol–water partition coefficient (Wildman–Crippen LogP) is 3.02. The third-order valence-corrected chi connectivity index (χ3v) is 4.58. The van der Waals surface area contributed by atoms with Crippen molar-refractivity contribution in [2.24, 2.45) is 0 Å². The Hall–Kier alpha value is -4.13. The Balaban J connectivity index is 1.53. The highest BCUT2D eigenvalue weighted by Crippen LogP contribution is 2.13. The van der Waals surface area contributed by atoms with Gasteiger partial charge in [0.25, 0.3) is 5.91 Å². The molecule has 0 fully saturated rings. The van der Waals surface area contributed by atoms with Gasteiger partial charge in [0.15, 0.2) is 11.6 Å². The molecule has 0 radical (unpaired) electrons. The normalized spacial score (nSPS) is 11.6. The zero-order valence-corrected chi connectivity index (χ0v) is 16.1. The van der Waals surface area contributed by atoms with Crippen LogP contribution in [0.25, 0.3) is 11.4 Å². The summed E-state index contributed by atoms with van der Waals surface area (Å²) in [5.74, 6) is -0.0639. The molecule has 1 N–H and O–H groups in total. The predicted molar refractivity (Wildman–Crippen MR) is 112 cm³/mol. The standard InChI is InChI=1S/C23H19N5O2/c29-21(17-7-3-1-4-8-17)20(15-28-12-11-24-16-28)27-23(30)19-13-25-22(26-14-19)18-9-5-2-6-10-18/h1-14,16,20H,15H2,(H,27,30). The number of hydrogen-bond acceptors (Lipinski definition) is 5. The first-order chi connectivity index (χ1) is 14.7. The summed E-state index contributed by atoms with van der Waals surface area (Å²) in [5.41, 5.74) is 1.67. The molecule has 0 aliphatic heterocycles. The molecule has 2 aromatic heterocycles. The zero-order chi connectivity index (χ0) is 20.8. The fourth-order valence-corrected chi connectivity index (χ4v) is 3.03. The van der Waals surface area contributed by atoms with Gasteiger partial charge in [-0.1, -0.05) is 60.7 Å². The highest BCUT2D eigenvalue weighted by molar-refractivity contribution is 6.04. The first kappa shape index (κ1) is 19.2. The molecule has 7 heteroatoms. The maximum Gasteiger partial charge on any atom is 0.255 e. The molecule has 0 spiro atoms. The van der Waals surface area contributed by atoms with Crippen molar-refractivity contribution in [1.29, 1.82) is 0 Å². The molecule has 30 heavy (non-hydrogen) atoms. The van der Waals surface area contributed by atoms with Crippen LogP contribution in [0.1, 0.15) is 20.7 Å². The molecule has 0 aliphatic carbocycles. The first-order valence-electron chi connectivity index (χ1n) is 9.44. The number of aromatic nitrogens is 4. The van der Waals surface area contributed by atoms with Crippen LogP contribution in [0.3, 0.4) is 0 Å². The van der Waals surface area contributed by atoms with Crippen molar-refractivity contribution in [3.63, 3.8) is 0 Å². The third-order valence-electron chi connectivity index (χ3n) is 4.58. The minimum Gasteiger partial charge on any atom is -0.340 e. The second-order valence-corrected chi connectivity index (χ2v) is 6.68. The third kappa shape index (κ3) is 4.47. The number of carbonyl (C=O) groups is 2. The lowest BCUT2D eigenvalue weighted by molar-refractivity contribution is 0.0847. The molecular weight excluding hydrogens is 378 g/mol. The lowest BCUT2D eigenvalue weighted by atomic mass is 10.0. The lowest BCUT2D eigenvalue weighted by Crippen LogP contribution is -2.43. The van der Waals surface area contributed by atoms with E-state index >= 15 is 0 Å². The van der Waals surface area contributed by atoms with E-state index in [9.17, 15) is 9.59 Å². The Morgan fingerprint density at radius 1 is 0.900 bits per heavy atom. The summed E-state index contributed by atoms with van der Waals surface area (Å²) in [5, 5.41) is 2.81. The average molecular weight is 397 g/mol. The average Bonchev–Trinajstić information content (AvgIpc) is 3.32. The van der Waals surface area contributed by atoms with Gasteiger partial charge in [-0.25, -0.2) is 15.0 Å². The van der Waals surface area contributed by atoms with Crippen molar-refractivity contribution in [2.75, 3.05) is 0 Å². The highest BCUT2D eigenvalue weighted by Gasteiger charge is 2.23. The van der Waals surface area contributed by atoms with E-state index in [0.717, 1.165) is 5.56 Å². The van der Waals surface area contributed by atoms with Crippen LogP contribution in [0, 0.1) is 0 Å². The van der Waals surface area contributed by atoms with Crippen molar-refractivity contribution in [3.05, 3.63) is 103 Å². The largest absolute Gasteiger partial charge is 0.340 e. The summed E-state index contributed by atoms with van der Waals surface area (Å²) in [4.78, 5) is 38.4. The van der Waals surface area contributed by atoms with Gasteiger partial charge in [-0.15, -0.1) is 0 Å². The minimum atomic E-state index is -0.761. The van der Waals surface area contributed by atoms with Gasteiger partial charge in [0.2, 0.25) is 0 Å². The number of hydrogen-bond donors (Lipinski definition) is 1. The van der Waals surface area contributed by atoms with Crippen LogP contribution >= 0.6 is 0 Å². The quantitative estimate of drug-likeness (QED) is 0.484. The van der Waals surface area contributed by atoms with Crippen molar-refractivity contribution in [1.82, 2.24) is 24.8 Å². The zero-order valence-electron chi connectivity index (χ0n) is 16.1. The number of nitrogens with zero attached hydrogens (tertiary/aromatic N) is 4. The number of nitrogens with one attached hydrogen (secondary N) is 1. The summed E-state index contributed by atoms with van der Waals surface area (Å²) in [6.45, 7) is 0.266. The second-order valence-electron chi connectivity index (χ2n) is 6.68. The van der Waals surface area contributed by atoms with Gasteiger partial charge in [-0.3, -0.25) is 9.59 Å². The second kappa shape index (κ2) is 8.91. The summed E-state index contributed by atoms with van der Waals surface area (Å²) >= 11 is 0.